The topological polar surface area (TPSA) is 69.2 Å². The third-order valence-electron chi connectivity index (χ3n) is 4.83. The second kappa shape index (κ2) is 12.1. The lowest BCUT2D eigenvalue weighted by atomic mass is 9.92. The summed E-state index contributed by atoms with van der Waals surface area (Å²) >= 11 is 0. The maximum atomic E-state index is 11.9. The molecule has 2 N–H and O–H groups in total. The van der Waals surface area contributed by atoms with Crippen molar-refractivity contribution in [1.82, 2.24) is 20.4 Å². The zero-order valence-corrected chi connectivity index (χ0v) is 19.7. The number of carbonyl (C=O) groups excluding carboxylic acids is 1. The van der Waals surface area contributed by atoms with Crippen molar-refractivity contribution in [2.45, 2.75) is 13.8 Å². The molecule has 8 heteroatoms. The summed E-state index contributed by atoms with van der Waals surface area (Å²) in [5.41, 5.74) is -0.485. The average molecular weight is 503 g/mol. The Labute approximate surface area is 185 Å². The van der Waals surface area contributed by atoms with Crippen LogP contribution in [0.25, 0.3) is 0 Å². The standard InChI is InChI=1S/C20H33N5O2.HI/c1-20(2,18(26)21-3)16-23-19(22-4)25-12-10-24(11-13-25)14-15-27-17-8-6-5-7-9-17;/h5-9H,10-16H2,1-4H3,(H,21,26)(H,22,23);1H. The molecule has 0 unspecified atom stereocenters. The number of piperazine rings is 1. The molecule has 1 aliphatic rings. The molecule has 1 fully saturated rings. The lowest BCUT2D eigenvalue weighted by molar-refractivity contribution is -0.128. The van der Waals surface area contributed by atoms with E-state index in [1.165, 1.54) is 0 Å². The first-order valence-corrected chi connectivity index (χ1v) is 9.54. The number of benzene rings is 1. The first-order chi connectivity index (χ1) is 13.0. The molecular weight excluding hydrogens is 469 g/mol. The van der Waals surface area contributed by atoms with Gasteiger partial charge in [0, 0.05) is 53.4 Å². The Morgan fingerprint density at radius 2 is 1.82 bits per heavy atom. The number of hydrogen-bond acceptors (Lipinski definition) is 4. The Balaban J connectivity index is 0.00000392. The molecule has 1 aliphatic heterocycles. The number of rotatable bonds is 7. The minimum atomic E-state index is -0.485. The predicted molar refractivity (Wildman–Crippen MR) is 125 cm³/mol. The summed E-state index contributed by atoms with van der Waals surface area (Å²) in [6.07, 6.45) is 0. The summed E-state index contributed by atoms with van der Waals surface area (Å²) < 4.78 is 5.78. The van der Waals surface area contributed by atoms with Crippen LogP contribution in [0.15, 0.2) is 35.3 Å². The number of aliphatic imine (C=N–C) groups is 1. The number of ether oxygens (including phenoxy) is 1. The second-order valence-electron chi connectivity index (χ2n) is 7.35. The zero-order chi connectivity index (χ0) is 19.7. The van der Waals surface area contributed by atoms with E-state index < -0.39 is 5.41 Å². The number of carbonyl (C=O) groups is 1. The second-order valence-corrected chi connectivity index (χ2v) is 7.35. The Morgan fingerprint density at radius 3 is 2.39 bits per heavy atom. The van der Waals surface area contributed by atoms with Gasteiger partial charge in [0.25, 0.3) is 0 Å². The molecule has 0 spiro atoms. The SMILES string of the molecule is CN=C(NCC(C)(C)C(=O)NC)N1CCN(CCOc2ccccc2)CC1.I. The number of halogens is 1. The summed E-state index contributed by atoms with van der Waals surface area (Å²) in [4.78, 5) is 21.0. The van der Waals surface area contributed by atoms with Crippen molar-refractivity contribution < 1.29 is 9.53 Å². The van der Waals surface area contributed by atoms with Crippen molar-refractivity contribution in [2.75, 3.05) is 60.0 Å². The molecule has 0 bridgehead atoms. The van der Waals surface area contributed by atoms with Crippen molar-refractivity contribution >= 4 is 35.8 Å². The molecule has 28 heavy (non-hydrogen) atoms. The molecular formula is C20H34IN5O2. The van der Waals surface area contributed by atoms with E-state index in [1.807, 2.05) is 44.2 Å². The number of hydrogen-bond donors (Lipinski definition) is 2. The summed E-state index contributed by atoms with van der Waals surface area (Å²) in [7, 11) is 3.45. The minimum absolute atomic E-state index is 0. The van der Waals surface area contributed by atoms with Crippen LogP contribution in [-0.2, 0) is 4.79 Å². The molecule has 1 saturated heterocycles. The van der Waals surface area contributed by atoms with E-state index in [0.717, 1.165) is 44.4 Å². The van der Waals surface area contributed by atoms with Crippen molar-refractivity contribution in [3.63, 3.8) is 0 Å². The summed E-state index contributed by atoms with van der Waals surface area (Å²) in [6.45, 7) is 9.76. The average Bonchev–Trinajstić information content (AvgIpc) is 2.69. The molecule has 7 nitrogen and oxygen atoms in total. The first kappa shape index (κ1) is 24.5. The summed E-state index contributed by atoms with van der Waals surface area (Å²) in [5, 5.41) is 6.06. The lowest BCUT2D eigenvalue weighted by Gasteiger charge is -2.37. The van der Waals surface area contributed by atoms with Gasteiger partial charge >= 0.3 is 0 Å². The van der Waals surface area contributed by atoms with Crippen molar-refractivity contribution in [3.8, 4) is 5.75 Å². The number of amides is 1. The van der Waals surface area contributed by atoms with Crippen molar-refractivity contribution in [3.05, 3.63) is 30.3 Å². The molecule has 0 saturated carbocycles. The predicted octanol–water partition coefficient (Wildman–Crippen LogP) is 1.65. The highest BCUT2D eigenvalue weighted by molar-refractivity contribution is 14.0. The van der Waals surface area contributed by atoms with Crippen molar-refractivity contribution in [1.29, 1.82) is 0 Å². The number of guanidine groups is 1. The van der Waals surface area contributed by atoms with E-state index in [-0.39, 0.29) is 29.9 Å². The van der Waals surface area contributed by atoms with E-state index in [0.29, 0.717) is 13.2 Å². The van der Waals surface area contributed by atoms with Crippen LogP contribution in [0.1, 0.15) is 13.8 Å². The Morgan fingerprint density at radius 1 is 1.18 bits per heavy atom. The van der Waals surface area contributed by atoms with E-state index in [4.69, 9.17) is 4.74 Å². The largest absolute Gasteiger partial charge is 0.492 e. The van der Waals surface area contributed by atoms with Crippen molar-refractivity contribution in [2.24, 2.45) is 10.4 Å². The molecule has 0 atom stereocenters. The van der Waals surface area contributed by atoms with Gasteiger partial charge in [0.05, 0.1) is 5.41 Å². The van der Waals surface area contributed by atoms with Gasteiger partial charge < -0.3 is 20.3 Å². The fraction of sp³-hybridized carbons (Fsp3) is 0.600. The summed E-state index contributed by atoms with van der Waals surface area (Å²) in [5.74, 6) is 1.79. The fourth-order valence-corrected chi connectivity index (χ4v) is 3.04. The van der Waals surface area contributed by atoms with Crippen LogP contribution in [0.3, 0.4) is 0 Å². The zero-order valence-electron chi connectivity index (χ0n) is 17.4. The van der Waals surface area contributed by atoms with E-state index >= 15 is 0 Å². The Hall–Kier alpha value is -1.55. The van der Waals surface area contributed by atoms with Gasteiger partial charge in [0.1, 0.15) is 12.4 Å². The van der Waals surface area contributed by atoms with E-state index in [1.54, 1.807) is 14.1 Å². The van der Waals surface area contributed by atoms with Crippen LogP contribution in [0, 0.1) is 5.41 Å². The van der Waals surface area contributed by atoms with Crippen LogP contribution in [0.2, 0.25) is 0 Å². The van der Waals surface area contributed by atoms with Gasteiger partial charge in [-0.2, -0.15) is 0 Å². The van der Waals surface area contributed by atoms with Crippen LogP contribution < -0.4 is 15.4 Å². The van der Waals surface area contributed by atoms with E-state index in [9.17, 15) is 4.79 Å². The number of nitrogens with one attached hydrogen (secondary N) is 2. The molecule has 0 aliphatic carbocycles. The molecule has 158 valence electrons. The molecule has 0 radical (unpaired) electrons. The van der Waals surface area contributed by atoms with Gasteiger partial charge in [-0.3, -0.25) is 14.7 Å². The molecule has 1 aromatic carbocycles. The van der Waals surface area contributed by atoms with Gasteiger partial charge in [-0.25, -0.2) is 0 Å². The number of para-hydroxylation sites is 1. The maximum Gasteiger partial charge on any atom is 0.227 e. The normalized spacial score (nSPS) is 15.6. The quantitative estimate of drug-likeness (QED) is 0.337. The van der Waals surface area contributed by atoms with Gasteiger partial charge in [0.15, 0.2) is 5.96 Å². The van der Waals surface area contributed by atoms with Crippen LogP contribution in [0.4, 0.5) is 0 Å². The molecule has 1 heterocycles. The smallest absolute Gasteiger partial charge is 0.227 e. The summed E-state index contributed by atoms with van der Waals surface area (Å²) in [6, 6.07) is 9.92. The fourth-order valence-electron chi connectivity index (χ4n) is 3.04. The van der Waals surface area contributed by atoms with Gasteiger partial charge in [0.2, 0.25) is 5.91 Å². The van der Waals surface area contributed by atoms with Gasteiger partial charge in [-0.15, -0.1) is 24.0 Å². The Kier molecular flexibility index (Phi) is 10.6. The third-order valence-corrected chi connectivity index (χ3v) is 4.83. The molecule has 2 rings (SSSR count). The van der Waals surface area contributed by atoms with Crippen LogP contribution in [-0.4, -0.2) is 81.6 Å². The van der Waals surface area contributed by atoms with Crippen LogP contribution in [0.5, 0.6) is 5.75 Å². The maximum absolute atomic E-state index is 11.9. The Bertz CT molecular complexity index is 616. The highest BCUT2D eigenvalue weighted by Gasteiger charge is 2.28. The first-order valence-electron chi connectivity index (χ1n) is 9.54. The molecule has 1 amide bonds. The van der Waals surface area contributed by atoms with Gasteiger partial charge in [-0.05, 0) is 26.0 Å². The molecule has 1 aromatic rings. The highest BCUT2D eigenvalue weighted by Crippen LogP contribution is 2.14. The monoisotopic (exact) mass is 503 g/mol. The highest BCUT2D eigenvalue weighted by atomic mass is 127. The van der Waals surface area contributed by atoms with Crippen LogP contribution >= 0.6 is 24.0 Å². The lowest BCUT2D eigenvalue weighted by Crippen LogP contribution is -2.54. The number of nitrogens with zero attached hydrogens (tertiary/aromatic N) is 3. The minimum Gasteiger partial charge on any atom is -0.492 e. The van der Waals surface area contributed by atoms with E-state index in [2.05, 4.69) is 25.4 Å². The molecule has 0 aromatic heterocycles. The third kappa shape index (κ3) is 7.46. The van der Waals surface area contributed by atoms with Gasteiger partial charge in [-0.1, -0.05) is 18.2 Å².